The summed E-state index contributed by atoms with van der Waals surface area (Å²) in [7, 11) is 2.79. The normalized spacial score (nSPS) is 12.5. The van der Waals surface area contributed by atoms with E-state index in [1.54, 1.807) is 19.2 Å². The molecule has 0 fully saturated rings. The second-order valence-electron chi connectivity index (χ2n) is 5.08. The summed E-state index contributed by atoms with van der Waals surface area (Å²) in [4.78, 5) is 17.8. The van der Waals surface area contributed by atoms with Crippen molar-refractivity contribution in [3.63, 3.8) is 0 Å². The fourth-order valence-corrected chi connectivity index (χ4v) is 3.75. The van der Waals surface area contributed by atoms with Crippen molar-refractivity contribution in [2.24, 2.45) is 7.05 Å². The molecule has 0 saturated carbocycles. The van der Waals surface area contributed by atoms with Crippen LogP contribution in [0.3, 0.4) is 0 Å². The molecule has 0 bridgehead atoms. The Morgan fingerprint density at radius 1 is 1.57 bits per heavy atom. The molecule has 126 valence electrons. The quantitative estimate of drug-likeness (QED) is 0.740. The van der Waals surface area contributed by atoms with Gasteiger partial charge in [-0.3, -0.25) is 9.63 Å². The molecule has 2 aromatic heterocycles. The first-order chi connectivity index (χ1) is 10.8. The highest BCUT2D eigenvalue weighted by Gasteiger charge is 2.29. The van der Waals surface area contributed by atoms with Crippen molar-refractivity contribution in [2.45, 2.75) is 26.3 Å². The molecule has 0 aliphatic rings. The zero-order chi connectivity index (χ0) is 17.3. The number of hydrogen-bond donors (Lipinski definition) is 0. The third-order valence-corrected chi connectivity index (χ3v) is 5.22. The van der Waals surface area contributed by atoms with Crippen LogP contribution in [-0.2, 0) is 18.3 Å². The van der Waals surface area contributed by atoms with Crippen LogP contribution < -0.4 is 0 Å². The van der Waals surface area contributed by atoms with Crippen molar-refractivity contribution < 1.29 is 14.0 Å². The van der Waals surface area contributed by atoms with Gasteiger partial charge in [0.2, 0.25) is 5.95 Å². The number of carbonyl (C=O) groups excluding carboxylic acids is 1. The summed E-state index contributed by atoms with van der Waals surface area (Å²) in [6.45, 7) is 3.34. The minimum Gasteiger partial charge on any atom is -0.274 e. The molecule has 0 N–H and O–H groups in total. The van der Waals surface area contributed by atoms with Gasteiger partial charge in [0, 0.05) is 18.0 Å². The van der Waals surface area contributed by atoms with E-state index in [2.05, 4.69) is 5.10 Å². The van der Waals surface area contributed by atoms with Crippen LogP contribution in [-0.4, -0.2) is 33.9 Å². The van der Waals surface area contributed by atoms with Gasteiger partial charge in [0.1, 0.15) is 5.56 Å². The monoisotopic (exact) mass is 379 g/mol. The summed E-state index contributed by atoms with van der Waals surface area (Å²) in [5, 5.41) is 7.29. The molecule has 2 rings (SSSR count). The van der Waals surface area contributed by atoms with E-state index in [1.807, 2.05) is 0 Å². The SMILES string of the molecule is CON(C(=O)c1c(C)nn(C)c1F)C(C)Cc1c(Cl)csc1Cl. The van der Waals surface area contributed by atoms with Crippen LogP contribution in [0, 0.1) is 12.9 Å². The van der Waals surface area contributed by atoms with Gasteiger partial charge >= 0.3 is 0 Å². The number of halogens is 3. The van der Waals surface area contributed by atoms with Crippen LogP contribution in [0.4, 0.5) is 4.39 Å². The average Bonchev–Trinajstić information content (AvgIpc) is 2.92. The lowest BCUT2D eigenvalue weighted by atomic mass is 10.1. The number of hydrogen-bond acceptors (Lipinski definition) is 4. The van der Waals surface area contributed by atoms with Crippen molar-refractivity contribution in [2.75, 3.05) is 7.11 Å². The molecule has 9 heteroatoms. The third-order valence-electron chi connectivity index (χ3n) is 3.45. The number of thiophene rings is 1. The second kappa shape index (κ2) is 7.17. The molecule has 1 amide bonds. The predicted octanol–water partition coefficient (Wildman–Crippen LogP) is 3.87. The largest absolute Gasteiger partial charge is 0.284 e. The first kappa shape index (κ1) is 18.2. The van der Waals surface area contributed by atoms with E-state index in [1.165, 1.54) is 25.5 Å². The number of amides is 1. The number of nitrogens with zero attached hydrogens (tertiary/aromatic N) is 3. The highest BCUT2D eigenvalue weighted by molar-refractivity contribution is 7.15. The Bertz CT molecular complexity index is 712. The van der Waals surface area contributed by atoms with E-state index >= 15 is 0 Å². The average molecular weight is 380 g/mol. The Morgan fingerprint density at radius 2 is 2.22 bits per heavy atom. The fraction of sp³-hybridized carbons (Fsp3) is 0.429. The summed E-state index contributed by atoms with van der Waals surface area (Å²) in [6.07, 6.45) is 0.391. The van der Waals surface area contributed by atoms with E-state index < -0.39 is 17.9 Å². The van der Waals surface area contributed by atoms with Crippen molar-refractivity contribution in [1.82, 2.24) is 14.8 Å². The number of aryl methyl sites for hydroxylation is 2. The molecule has 1 unspecified atom stereocenters. The van der Waals surface area contributed by atoms with E-state index in [4.69, 9.17) is 28.0 Å². The van der Waals surface area contributed by atoms with E-state index in [0.717, 1.165) is 15.3 Å². The Labute approximate surface area is 147 Å². The van der Waals surface area contributed by atoms with Gasteiger partial charge < -0.3 is 0 Å². The third kappa shape index (κ3) is 3.52. The molecule has 0 aliphatic heterocycles. The van der Waals surface area contributed by atoms with E-state index in [-0.39, 0.29) is 5.56 Å². The fourth-order valence-electron chi connectivity index (χ4n) is 2.34. The maximum absolute atomic E-state index is 14.1. The predicted molar refractivity (Wildman–Crippen MR) is 88.6 cm³/mol. The van der Waals surface area contributed by atoms with E-state index in [9.17, 15) is 9.18 Å². The number of aromatic nitrogens is 2. The maximum Gasteiger partial charge on any atom is 0.284 e. The van der Waals surface area contributed by atoms with Gasteiger partial charge in [0.15, 0.2) is 0 Å². The molecule has 0 saturated heterocycles. The molecular weight excluding hydrogens is 364 g/mol. The lowest BCUT2D eigenvalue weighted by Gasteiger charge is -2.26. The number of hydroxylamine groups is 2. The van der Waals surface area contributed by atoms with Gasteiger partial charge in [-0.05, 0) is 20.3 Å². The van der Waals surface area contributed by atoms with Gasteiger partial charge in [-0.25, -0.2) is 9.75 Å². The van der Waals surface area contributed by atoms with Crippen LogP contribution in [0.25, 0.3) is 0 Å². The second-order valence-corrected chi connectivity index (χ2v) is 6.97. The van der Waals surface area contributed by atoms with Crippen LogP contribution in [0.5, 0.6) is 0 Å². The van der Waals surface area contributed by atoms with Crippen LogP contribution in [0.2, 0.25) is 9.36 Å². The molecule has 23 heavy (non-hydrogen) atoms. The standard InChI is InChI=1S/C14H16Cl2FN3O2S/c1-7(5-9-10(15)6-23-12(9)16)20(22-4)14(21)11-8(2)18-19(3)13(11)17/h6-7H,5H2,1-4H3. The first-order valence-corrected chi connectivity index (χ1v) is 8.39. The molecule has 0 spiro atoms. The molecule has 2 heterocycles. The first-order valence-electron chi connectivity index (χ1n) is 6.76. The van der Waals surface area contributed by atoms with Crippen LogP contribution in [0.15, 0.2) is 5.38 Å². The Morgan fingerprint density at radius 3 is 2.65 bits per heavy atom. The van der Waals surface area contributed by atoms with Gasteiger partial charge in [0.25, 0.3) is 5.91 Å². The van der Waals surface area contributed by atoms with Crippen molar-refractivity contribution in [1.29, 1.82) is 0 Å². The van der Waals surface area contributed by atoms with Gasteiger partial charge in [0.05, 0.1) is 28.2 Å². The van der Waals surface area contributed by atoms with Crippen LogP contribution in [0.1, 0.15) is 28.5 Å². The smallest absolute Gasteiger partial charge is 0.274 e. The molecular formula is C14H16Cl2FN3O2S. The highest BCUT2D eigenvalue weighted by atomic mass is 35.5. The minimum absolute atomic E-state index is 0.108. The summed E-state index contributed by atoms with van der Waals surface area (Å²) >= 11 is 13.5. The van der Waals surface area contributed by atoms with E-state index in [0.29, 0.717) is 21.5 Å². The Balaban J connectivity index is 2.26. The zero-order valence-electron chi connectivity index (χ0n) is 13.1. The molecule has 2 aromatic rings. The topological polar surface area (TPSA) is 47.4 Å². The Kier molecular flexibility index (Phi) is 5.67. The summed E-state index contributed by atoms with van der Waals surface area (Å²) in [5.41, 5.74) is 0.934. The van der Waals surface area contributed by atoms with Gasteiger partial charge in [-0.1, -0.05) is 23.2 Å². The van der Waals surface area contributed by atoms with Gasteiger partial charge in [-0.2, -0.15) is 9.49 Å². The molecule has 0 aromatic carbocycles. The Hall–Kier alpha value is -1.15. The minimum atomic E-state index is -0.701. The van der Waals surface area contributed by atoms with Crippen LogP contribution >= 0.6 is 34.5 Å². The van der Waals surface area contributed by atoms with Gasteiger partial charge in [-0.15, -0.1) is 11.3 Å². The lowest BCUT2D eigenvalue weighted by molar-refractivity contribution is -0.119. The summed E-state index contributed by atoms with van der Waals surface area (Å²) in [6, 6.07) is -0.392. The van der Waals surface area contributed by atoms with Crippen molar-refractivity contribution in [3.05, 3.63) is 37.5 Å². The molecule has 5 nitrogen and oxygen atoms in total. The summed E-state index contributed by atoms with van der Waals surface area (Å²) < 4.78 is 15.7. The summed E-state index contributed by atoms with van der Waals surface area (Å²) in [5.74, 6) is -1.29. The maximum atomic E-state index is 14.1. The zero-order valence-corrected chi connectivity index (χ0v) is 15.4. The van der Waals surface area contributed by atoms with Crippen molar-refractivity contribution >= 4 is 40.4 Å². The lowest BCUT2D eigenvalue weighted by Crippen LogP contribution is -2.39. The molecule has 0 radical (unpaired) electrons. The molecule has 1 atom stereocenters. The number of carbonyl (C=O) groups is 1. The highest BCUT2D eigenvalue weighted by Crippen LogP contribution is 2.33. The number of rotatable bonds is 5. The van der Waals surface area contributed by atoms with Crippen molar-refractivity contribution in [3.8, 4) is 0 Å². The molecule has 0 aliphatic carbocycles.